The molecule has 2 saturated heterocycles. The fraction of sp³-hybridized carbons (Fsp3) is 0.875. The van der Waals surface area contributed by atoms with Crippen LogP contribution in [0.1, 0.15) is 6.42 Å². The quantitative estimate of drug-likeness (QED) is 0.538. The summed E-state index contributed by atoms with van der Waals surface area (Å²) < 4.78 is 22.3. The predicted octanol–water partition coefficient (Wildman–Crippen LogP) is -1.56. The summed E-state index contributed by atoms with van der Waals surface area (Å²) in [7, 11) is -2.92. The van der Waals surface area contributed by atoms with Crippen molar-refractivity contribution < 1.29 is 13.2 Å². The maximum absolute atomic E-state index is 11.4. The minimum Gasteiger partial charge on any atom is -0.334 e. The second kappa shape index (κ2) is 3.97. The van der Waals surface area contributed by atoms with Gasteiger partial charge in [0.05, 0.1) is 17.5 Å². The molecular weight excluding hydrogens is 218 g/mol. The minimum atomic E-state index is -2.92. The molecule has 1 atom stereocenters. The van der Waals surface area contributed by atoms with Gasteiger partial charge in [0.1, 0.15) is 0 Å². The second-order valence-corrected chi connectivity index (χ2v) is 6.30. The van der Waals surface area contributed by atoms with Crippen LogP contribution in [0.15, 0.2) is 0 Å². The number of urea groups is 1. The van der Waals surface area contributed by atoms with Crippen LogP contribution in [0.25, 0.3) is 0 Å². The second-order valence-electron chi connectivity index (χ2n) is 4.07. The maximum atomic E-state index is 11.4. The van der Waals surface area contributed by atoms with Crippen molar-refractivity contribution in [2.45, 2.75) is 18.5 Å². The van der Waals surface area contributed by atoms with Gasteiger partial charge in [0.2, 0.25) is 0 Å². The zero-order valence-corrected chi connectivity index (χ0v) is 9.14. The van der Waals surface area contributed by atoms with Crippen LogP contribution in [-0.2, 0) is 9.84 Å². The highest BCUT2D eigenvalue weighted by atomic mass is 32.2. The van der Waals surface area contributed by atoms with Crippen molar-refractivity contribution in [3.05, 3.63) is 0 Å². The molecule has 86 valence electrons. The molecule has 2 heterocycles. The van der Waals surface area contributed by atoms with E-state index in [4.69, 9.17) is 0 Å². The molecule has 2 rings (SSSR count). The lowest BCUT2D eigenvalue weighted by Gasteiger charge is -2.28. The SMILES string of the molecule is O=C(NC1CNC1)NC1CCS(=O)(=O)C1. The Morgan fingerprint density at radius 3 is 2.33 bits per heavy atom. The van der Waals surface area contributed by atoms with Gasteiger partial charge < -0.3 is 16.0 Å². The first-order valence-electron chi connectivity index (χ1n) is 5.03. The average molecular weight is 233 g/mol. The lowest BCUT2D eigenvalue weighted by molar-refractivity contribution is 0.228. The Morgan fingerprint density at radius 2 is 1.87 bits per heavy atom. The number of carbonyl (C=O) groups excluding carboxylic acids is 1. The first-order chi connectivity index (χ1) is 7.05. The molecule has 7 heteroatoms. The lowest BCUT2D eigenvalue weighted by atomic mass is 10.2. The van der Waals surface area contributed by atoms with Crippen LogP contribution in [-0.4, -0.2) is 51.1 Å². The number of carbonyl (C=O) groups is 1. The Morgan fingerprint density at radius 1 is 1.20 bits per heavy atom. The lowest BCUT2D eigenvalue weighted by Crippen LogP contribution is -2.59. The Balaban J connectivity index is 1.74. The third-order valence-corrected chi connectivity index (χ3v) is 4.45. The molecule has 0 aromatic rings. The molecule has 2 aliphatic heterocycles. The number of sulfone groups is 1. The number of nitrogens with one attached hydrogen (secondary N) is 3. The molecule has 2 fully saturated rings. The van der Waals surface area contributed by atoms with Crippen molar-refractivity contribution in [3.8, 4) is 0 Å². The van der Waals surface area contributed by atoms with E-state index in [-0.39, 0.29) is 29.6 Å². The van der Waals surface area contributed by atoms with Crippen molar-refractivity contribution in [2.24, 2.45) is 0 Å². The molecular formula is C8H15N3O3S. The van der Waals surface area contributed by atoms with E-state index < -0.39 is 9.84 Å². The summed E-state index contributed by atoms with van der Waals surface area (Å²) in [5.41, 5.74) is 0. The minimum absolute atomic E-state index is 0.0728. The van der Waals surface area contributed by atoms with Gasteiger partial charge in [-0.3, -0.25) is 0 Å². The Kier molecular flexibility index (Phi) is 2.83. The fourth-order valence-electron chi connectivity index (χ4n) is 1.71. The summed E-state index contributed by atoms with van der Waals surface area (Å²) >= 11 is 0. The summed E-state index contributed by atoms with van der Waals surface area (Å²) in [5, 5.41) is 8.47. The van der Waals surface area contributed by atoms with Gasteiger partial charge in [-0.15, -0.1) is 0 Å². The van der Waals surface area contributed by atoms with E-state index in [0.29, 0.717) is 6.42 Å². The molecule has 2 amide bonds. The van der Waals surface area contributed by atoms with Gasteiger partial charge in [0.15, 0.2) is 9.84 Å². The third kappa shape index (κ3) is 2.82. The van der Waals surface area contributed by atoms with E-state index in [1.807, 2.05) is 0 Å². The highest BCUT2D eigenvalue weighted by Gasteiger charge is 2.29. The van der Waals surface area contributed by atoms with Gasteiger partial charge in [-0.2, -0.15) is 0 Å². The molecule has 0 radical (unpaired) electrons. The van der Waals surface area contributed by atoms with E-state index in [2.05, 4.69) is 16.0 Å². The van der Waals surface area contributed by atoms with Crippen LogP contribution in [0.4, 0.5) is 4.79 Å². The van der Waals surface area contributed by atoms with E-state index in [1.54, 1.807) is 0 Å². The van der Waals surface area contributed by atoms with Crippen molar-refractivity contribution in [2.75, 3.05) is 24.6 Å². The topological polar surface area (TPSA) is 87.3 Å². The van der Waals surface area contributed by atoms with Gasteiger partial charge >= 0.3 is 6.03 Å². The molecule has 0 aromatic carbocycles. The zero-order chi connectivity index (χ0) is 10.9. The molecule has 0 saturated carbocycles. The van der Waals surface area contributed by atoms with Crippen LogP contribution in [0, 0.1) is 0 Å². The largest absolute Gasteiger partial charge is 0.334 e. The molecule has 2 aliphatic rings. The molecule has 0 bridgehead atoms. The normalized spacial score (nSPS) is 29.5. The van der Waals surface area contributed by atoms with E-state index in [1.165, 1.54) is 0 Å². The summed E-state index contributed by atoms with van der Waals surface area (Å²) in [5.74, 6) is 0.256. The third-order valence-electron chi connectivity index (χ3n) is 2.68. The first kappa shape index (κ1) is 10.7. The zero-order valence-electron chi connectivity index (χ0n) is 8.32. The number of rotatable bonds is 2. The van der Waals surface area contributed by atoms with E-state index >= 15 is 0 Å². The average Bonchev–Trinajstić information content (AvgIpc) is 2.38. The van der Waals surface area contributed by atoms with Crippen molar-refractivity contribution in [1.29, 1.82) is 0 Å². The number of hydrogen-bond acceptors (Lipinski definition) is 4. The van der Waals surface area contributed by atoms with Gasteiger partial charge in [0.25, 0.3) is 0 Å². The van der Waals surface area contributed by atoms with Crippen LogP contribution in [0.2, 0.25) is 0 Å². The van der Waals surface area contributed by atoms with Gasteiger partial charge in [-0.1, -0.05) is 0 Å². The molecule has 15 heavy (non-hydrogen) atoms. The standard InChI is InChI=1S/C8H15N3O3S/c12-8(11-7-3-9-4-7)10-6-1-2-15(13,14)5-6/h6-7,9H,1-5H2,(H2,10,11,12). The smallest absolute Gasteiger partial charge is 0.315 e. The first-order valence-corrected chi connectivity index (χ1v) is 6.85. The summed E-state index contributed by atoms with van der Waals surface area (Å²) in [6, 6.07) is -0.297. The molecule has 0 spiro atoms. The van der Waals surface area contributed by atoms with Crippen molar-refractivity contribution in [1.82, 2.24) is 16.0 Å². The van der Waals surface area contributed by atoms with Crippen LogP contribution in [0.5, 0.6) is 0 Å². The molecule has 6 nitrogen and oxygen atoms in total. The Hall–Kier alpha value is -0.820. The van der Waals surface area contributed by atoms with Crippen LogP contribution in [0.3, 0.4) is 0 Å². The van der Waals surface area contributed by atoms with Crippen LogP contribution < -0.4 is 16.0 Å². The molecule has 0 aromatic heterocycles. The van der Waals surface area contributed by atoms with Gasteiger partial charge in [0, 0.05) is 19.1 Å². The highest BCUT2D eigenvalue weighted by molar-refractivity contribution is 7.91. The summed E-state index contributed by atoms with van der Waals surface area (Å²) in [4.78, 5) is 11.4. The molecule has 3 N–H and O–H groups in total. The van der Waals surface area contributed by atoms with E-state index in [0.717, 1.165) is 13.1 Å². The number of amides is 2. The monoisotopic (exact) mass is 233 g/mol. The van der Waals surface area contributed by atoms with Gasteiger partial charge in [-0.25, -0.2) is 13.2 Å². The summed E-state index contributed by atoms with van der Waals surface area (Å²) in [6.07, 6.45) is 0.526. The van der Waals surface area contributed by atoms with Gasteiger partial charge in [-0.05, 0) is 6.42 Å². The molecule has 0 aliphatic carbocycles. The maximum Gasteiger partial charge on any atom is 0.315 e. The highest BCUT2D eigenvalue weighted by Crippen LogP contribution is 2.10. The van der Waals surface area contributed by atoms with Crippen molar-refractivity contribution >= 4 is 15.9 Å². The van der Waals surface area contributed by atoms with E-state index in [9.17, 15) is 13.2 Å². The number of hydrogen-bond donors (Lipinski definition) is 3. The Labute approximate surface area is 88.7 Å². The molecule has 1 unspecified atom stereocenters. The fourth-order valence-corrected chi connectivity index (χ4v) is 3.39. The predicted molar refractivity (Wildman–Crippen MR) is 55.4 cm³/mol. The summed E-state index contributed by atoms with van der Waals surface area (Å²) in [6.45, 7) is 1.58. The van der Waals surface area contributed by atoms with Crippen LogP contribution >= 0.6 is 0 Å². The van der Waals surface area contributed by atoms with Crippen molar-refractivity contribution in [3.63, 3.8) is 0 Å². The Bertz CT molecular complexity index is 350.